The van der Waals surface area contributed by atoms with Gasteiger partial charge in [-0.3, -0.25) is 4.79 Å². The van der Waals surface area contributed by atoms with Gasteiger partial charge in [0.1, 0.15) is 0 Å². The van der Waals surface area contributed by atoms with Crippen molar-refractivity contribution in [3.8, 4) is 0 Å². The summed E-state index contributed by atoms with van der Waals surface area (Å²) >= 11 is 1.57. The molecular formula is C14H13N3OS. The van der Waals surface area contributed by atoms with E-state index in [9.17, 15) is 4.79 Å². The molecule has 0 aliphatic carbocycles. The molecule has 19 heavy (non-hydrogen) atoms. The van der Waals surface area contributed by atoms with E-state index in [1.807, 2.05) is 37.4 Å². The van der Waals surface area contributed by atoms with Crippen LogP contribution in [0.4, 0.5) is 5.69 Å². The lowest BCUT2D eigenvalue weighted by molar-refractivity contribution is -0.115. The summed E-state index contributed by atoms with van der Waals surface area (Å²) in [5.74, 6) is -0.0112. The summed E-state index contributed by atoms with van der Waals surface area (Å²) in [6.45, 7) is 1.97. The van der Waals surface area contributed by atoms with Crippen LogP contribution in [0.5, 0.6) is 0 Å². The van der Waals surface area contributed by atoms with E-state index in [1.54, 1.807) is 16.8 Å². The molecule has 0 aliphatic heterocycles. The van der Waals surface area contributed by atoms with Crippen LogP contribution < -0.4 is 5.32 Å². The minimum Gasteiger partial charge on any atom is -0.365 e. The summed E-state index contributed by atoms with van der Waals surface area (Å²) in [7, 11) is 0. The zero-order valence-electron chi connectivity index (χ0n) is 10.4. The van der Waals surface area contributed by atoms with Crippen molar-refractivity contribution >= 4 is 33.1 Å². The zero-order chi connectivity index (χ0) is 13.2. The highest BCUT2D eigenvalue weighted by Gasteiger charge is 2.06. The third-order valence-corrected chi connectivity index (χ3v) is 3.66. The standard InChI is InChI=1S/C14H13N3OS/c1-9-4-10(7-15-9)5-14(18)17-11-2-3-12-13(6-11)19-8-16-12/h2-4,6-8,15H,5H2,1H3,(H,17,18). The number of aromatic amines is 1. The first-order chi connectivity index (χ1) is 9.20. The van der Waals surface area contributed by atoms with Crippen LogP contribution in [0.1, 0.15) is 11.3 Å². The van der Waals surface area contributed by atoms with Gasteiger partial charge in [0.25, 0.3) is 0 Å². The van der Waals surface area contributed by atoms with E-state index in [1.165, 1.54) is 0 Å². The summed E-state index contributed by atoms with van der Waals surface area (Å²) in [6.07, 6.45) is 2.24. The van der Waals surface area contributed by atoms with Crippen LogP contribution in [0.25, 0.3) is 10.2 Å². The maximum atomic E-state index is 11.9. The Morgan fingerprint density at radius 3 is 3.11 bits per heavy atom. The smallest absolute Gasteiger partial charge is 0.228 e. The second kappa shape index (κ2) is 4.85. The Balaban J connectivity index is 1.71. The van der Waals surface area contributed by atoms with E-state index < -0.39 is 0 Å². The van der Waals surface area contributed by atoms with Gasteiger partial charge >= 0.3 is 0 Å². The average molecular weight is 271 g/mol. The van der Waals surface area contributed by atoms with Crippen molar-refractivity contribution in [1.82, 2.24) is 9.97 Å². The van der Waals surface area contributed by atoms with Gasteiger partial charge in [-0.25, -0.2) is 4.98 Å². The number of aryl methyl sites for hydroxylation is 1. The number of amides is 1. The molecule has 3 rings (SSSR count). The largest absolute Gasteiger partial charge is 0.365 e. The molecular weight excluding hydrogens is 258 g/mol. The normalized spacial score (nSPS) is 10.8. The number of nitrogens with one attached hydrogen (secondary N) is 2. The Kier molecular flexibility index (Phi) is 3.05. The molecule has 4 nitrogen and oxygen atoms in total. The number of thiazole rings is 1. The second-order valence-electron chi connectivity index (χ2n) is 4.45. The van der Waals surface area contributed by atoms with Crippen LogP contribution in [0, 0.1) is 6.92 Å². The Morgan fingerprint density at radius 1 is 1.42 bits per heavy atom. The fraction of sp³-hybridized carbons (Fsp3) is 0.143. The van der Waals surface area contributed by atoms with Crippen molar-refractivity contribution in [2.45, 2.75) is 13.3 Å². The van der Waals surface area contributed by atoms with Crippen LogP contribution in [0.3, 0.4) is 0 Å². The quantitative estimate of drug-likeness (QED) is 0.769. The number of aromatic nitrogens is 2. The molecule has 2 N–H and O–H groups in total. The van der Waals surface area contributed by atoms with E-state index in [0.29, 0.717) is 6.42 Å². The van der Waals surface area contributed by atoms with Gasteiger partial charge in [0.2, 0.25) is 5.91 Å². The van der Waals surface area contributed by atoms with Gasteiger partial charge in [0, 0.05) is 17.6 Å². The number of anilines is 1. The van der Waals surface area contributed by atoms with Gasteiger partial charge in [-0.2, -0.15) is 0 Å². The molecule has 2 aromatic heterocycles. The average Bonchev–Trinajstić information content (AvgIpc) is 2.97. The highest BCUT2D eigenvalue weighted by atomic mass is 32.1. The molecule has 0 bridgehead atoms. The maximum Gasteiger partial charge on any atom is 0.228 e. The van der Waals surface area contributed by atoms with Crippen LogP contribution >= 0.6 is 11.3 Å². The first-order valence-corrected chi connectivity index (χ1v) is 6.86. The second-order valence-corrected chi connectivity index (χ2v) is 5.34. The topological polar surface area (TPSA) is 57.8 Å². The van der Waals surface area contributed by atoms with Gasteiger partial charge in [-0.05, 0) is 36.8 Å². The van der Waals surface area contributed by atoms with E-state index >= 15 is 0 Å². The fourth-order valence-corrected chi connectivity index (χ4v) is 2.71. The maximum absolute atomic E-state index is 11.9. The molecule has 0 saturated carbocycles. The third kappa shape index (κ3) is 2.66. The Bertz CT molecular complexity index is 729. The molecule has 0 fully saturated rings. The molecule has 1 amide bonds. The van der Waals surface area contributed by atoms with Crippen LogP contribution in [-0.2, 0) is 11.2 Å². The number of benzene rings is 1. The highest BCUT2D eigenvalue weighted by Crippen LogP contribution is 2.21. The number of fused-ring (bicyclic) bond motifs is 1. The SMILES string of the molecule is Cc1cc(CC(=O)Nc2ccc3ncsc3c2)c[nH]1. The molecule has 0 aliphatic rings. The number of H-pyrrole nitrogens is 1. The first-order valence-electron chi connectivity index (χ1n) is 5.98. The van der Waals surface area contributed by atoms with Crippen molar-refractivity contribution in [3.05, 3.63) is 47.2 Å². The Labute approximate surface area is 114 Å². The number of carbonyl (C=O) groups excluding carboxylic acids is 1. The number of hydrogen-bond donors (Lipinski definition) is 2. The molecule has 0 atom stereocenters. The summed E-state index contributed by atoms with van der Waals surface area (Å²) < 4.78 is 1.08. The molecule has 5 heteroatoms. The monoisotopic (exact) mass is 271 g/mol. The van der Waals surface area contributed by atoms with Crippen LogP contribution in [0.15, 0.2) is 36.0 Å². The minimum absolute atomic E-state index is 0.0112. The van der Waals surface area contributed by atoms with Crippen LogP contribution in [0.2, 0.25) is 0 Å². The minimum atomic E-state index is -0.0112. The Hall–Kier alpha value is -2.14. The lowest BCUT2D eigenvalue weighted by Gasteiger charge is -2.04. The molecule has 3 aromatic rings. The molecule has 0 saturated heterocycles. The van der Waals surface area contributed by atoms with E-state index in [0.717, 1.165) is 27.2 Å². The third-order valence-electron chi connectivity index (χ3n) is 2.87. The molecule has 96 valence electrons. The summed E-state index contributed by atoms with van der Waals surface area (Å²) in [5.41, 5.74) is 5.64. The predicted octanol–water partition coefficient (Wildman–Crippen LogP) is 3.11. The molecule has 0 spiro atoms. The molecule has 0 unspecified atom stereocenters. The summed E-state index contributed by atoms with van der Waals surface area (Å²) in [6, 6.07) is 7.73. The van der Waals surface area contributed by atoms with Crippen molar-refractivity contribution in [2.24, 2.45) is 0 Å². The number of hydrogen-bond acceptors (Lipinski definition) is 3. The predicted molar refractivity (Wildman–Crippen MR) is 77.5 cm³/mol. The van der Waals surface area contributed by atoms with Gasteiger partial charge in [0.15, 0.2) is 0 Å². The van der Waals surface area contributed by atoms with Gasteiger partial charge < -0.3 is 10.3 Å². The lowest BCUT2D eigenvalue weighted by atomic mass is 10.2. The fourth-order valence-electron chi connectivity index (χ4n) is 1.99. The summed E-state index contributed by atoms with van der Waals surface area (Å²) in [5, 5.41) is 2.91. The number of nitrogens with zero attached hydrogens (tertiary/aromatic N) is 1. The summed E-state index contributed by atoms with van der Waals surface area (Å²) in [4.78, 5) is 19.2. The van der Waals surface area contributed by atoms with Gasteiger partial charge in [-0.1, -0.05) is 0 Å². The van der Waals surface area contributed by atoms with Gasteiger partial charge in [-0.15, -0.1) is 11.3 Å². The van der Waals surface area contributed by atoms with Gasteiger partial charge in [0.05, 0.1) is 22.1 Å². The van der Waals surface area contributed by atoms with Crippen molar-refractivity contribution < 1.29 is 4.79 Å². The van der Waals surface area contributed by atoms with Crippen molar-refractivity contribution in [1.29, 1.82) is 0 Å². The van der Waals surface area contributed by atoms with E-state index in [4.69, 9.17) is 0 Å². The van der Waals surface area contributed by atoms with Crippen LogP contribution in [-0.4, -0.2) is 15.9 Å². The number of rotatable bonds is 3. The Morgan fingerprint density at radius 2 is 2.32 bits per heavy atom. The van der Waals surface area contributed by atoms with Crippen molar-refractivity contribution in [3.63, 3.8) is 0 Å². The van der Waals surface area contributed by atoms with Crippen molar-refractivity contribution in [2.75, 3.05) is 5.32 Å². The van der Waals surface area contributed by atoms with E-state index in [2.05, 4.69) is 15.3 Å². The molecule has 2 heterocycles. The first kappa shape index (κ1) is 11.9. The molecule has 1 aromatic carbocycles. The van der Waals surface area contributed by atoms with E-state index in [-0.39, 0.29) is 5.91 Å². The zero-order valence-corrected chi connectivity index (χ0v) is 11.3. The number of carbonyl (C=O) groups is 1. The molecule has 0 radical (unpaired) electrons. The highest BCUT2D eigenvalue weighted by molar-refractivity contribution is 7.16. The lowest BCUT2D eigenvalue weighted by Crippen LogP contribution is -2.13.